The Bertz CT molecular complexity index is 537. The molecule has 2 rings (SSSR count). The van der Waals surface area contributed by atoms with Crippen molar-refractivity contribution in [2.24, 2.45) is 0 Å². The summed E-state index contributed by atoms with van der Waals surface area (Å²) in [5, 5.41) is 1.13. The van der Waals surface area contributed by atoms with Gasteiger partial charge in [0.25, 0.3) is 0 Å². The molecule has 0 atom stereocenters. The van der Waals surface area contributed by atoms with E-state index in [1.54, 1.807) is 30.3 Å². The summed E-state index contributed by atoms with van der Waals surface area (Å²) in [5.74, 6) is 0.802. The lowest BCUT2D eigenvalue weighted by Gasteiger charge is -2.10. The molecule has 5 heteroatoms. The molecule has 0 bridgehead atoms. The zero-order chi connectivity index (χ0) is 12.4. The fraction of sp³-hybridized carbons (Fsp3) is 0.0833. The summed E-state index contributed by atoms with van der Waals surface area (Å²) in [6, 6.07) is 8.65. The Kier molecular flexibility index (Phi) is 3.77. The Morgan fingerprint density at radius 1 is 1.00 bits per heavy atom. The summed E-state index contributed by atoms with van der Waals surface area (Å²) in [4.78, 5) is 4.08. The number of rotatable bonds is 2. The van der Waals surface area contributed by atoms with Crippen molar-refractivity contribution in [1.82, 2.24) is 4.98 Å². The predicted molar refractivity (Wildman–Crippen MR) is 70.5 cm³/mol. The maximum absolute atomic E-state index is 5.99. The molecule has 2 nitrogen and oxygen atoms in total. The maximum Gasteiger partial charge on any atom is 0.171 e. The highest BCUT2D eigenvalue weighted by atomic mass is 35.5. The van der Waals surface area contributed by atoms with Crippen LogP contribution in [0, 0.1) is 6.92 Å². The number of aryl methyl sites for hydroxylation is 1. The van der Waals surface area contributed by atoms with Crippen LogP contribution in [0.2, 0.25) is 15.2 Å². The maximum atomic E-state index is 5.99. The molecule has 0 amide bonds. The van der Waals surface area contributed by atoms with Gasteiger partial charge in [0.15, 0.2) is 16.7 Å². The zero-order valence-corrected chi connectivity index (χ0v) is 11.1. The van der Waals surface area contributed by atoms with Crippen molar-refractivity contribution in [3.05, 3.63) is 51.2 Å². The first-order chi connectivity index (χ1) is 8.08. The molecular formula is C12H8Cl3NO. The minimum absolute atomic E-state index is 0.279. The third kappa shape index (κ3) is 2.83. The molecule has 1 heterocycles. The molecule has 0 aliphatic rings. The minimum atomic E-state index is 0.279. The van der Waals surface area contributed by atoms with Crippen LogP contribution >= 0.6 is 34.8 Å². The third-order valence-electron chi connectivity index (χ3n) is 2.08. The number of benzene rings is 1. The second kappa shape index (κ2) is 5.13. The molecule has 1 aromatic heterocycles. The number of halogens is 3. The first-order valence-electron chi connectivity index (χ1n) is 4.83. The lowest BCUT2D eigenvalue weighted by atomic mass is 10.3. The second-order valence-electron chi connectivity index (χ2n) is 3.39. The van der Waals surface area contributed by atoms with Gasteiger partial charge in [-0.25, -0.2) is 4.98 Å². The molecule has 0 aliphatic heterocycles. The quantitative estimate of drug-likeness (QED) is 0.714. The van der Waals surface area contributed by atoms with E-state index in [4.69, 9.17) is 39.5 Å². The van der Waals surface area contributed by atoms with Gasteiger partial charge in [-0.15, -0.1) is 0 Å². The van der Waals surface area contributed by atoms with Crippen LogP contribution in [0.5, 0.6) is 11.5 Å². The topological polar surface area (TPSA) is 22.1 Å². The summed E-state index contributed by atoms with van der Waals surface area (Å²) in [5.41, 5.74) is 0.813. The number of hydrogen-bond donors (Lipinski definition) is 0. The number of ether oxygens (including phenoxy) is 1. The summed E-state index contributed by atoms with van der Waals surface area (Å²) in [7, 11) is 0. The van der Waals surface area contributed by atoms with Crippen LogP contribution in [0.1, 0.15) is 5.69 Å². The minimum Gasteiger partial charge on any atom is -0.451 e. The van der Waals surface area contributed by atoms with Gasteiger partial charge < -0.3 is 4.74 Å². The average Bonchev–Trinajstić information content (AvgIpc) is 2.26. The van der Waals surface area contributed by atoms with Gasteiger partial charge in [-0.2, -0.15) is 0 Å². The highest BCUT2D eigenvalue weighted by Crippen LogP contribution is 2.37. The van der Waals surface area contributed by atoms with Crippen molar-refractivity contribution in [2.75, 3.05) is 0 Å². The molecule has 0 saturated heterocycles. The van der Waals surface area contributed by atoms with Crippen molar-refractivity contribution in [2.45, 2.75) is 6.92 Å². The van der Waals surface area contributed by atoms with Gasteiger partial charge in [0.2, 0.25) is 0 Å². The van der Waals surface area contributed by atoms with Crippen LogP contribution in [-0.2, 0) is 0 Å². The molecule has 17 heavy (non-hydrogen) atoms. The summed E-state index contributed by atoms with van der Waals surface area (Å²) >= 11 is 17.9. The normalized spacial score (nSPS) is 10.4. The van der Waals surface area contributed by atoms with Gasteiger partial charge in [-0.3, -0.25) is 0 Å². The molecule has 0 aliphatic carbocycles. The Labute approximate surface area is 114 Å². The number of para-hydroxylation sites is 1. The van der Waals surface area contributed by atoms with Gasteiger partial charge in [0, 0.05) is 5.69 Å². The van der Waals surface area contributed by atoms with Gasteiger partial charge in [0.1, 0.15) is 0 Å². The molecule has 0 spiro atoms. The standard InChI is InChI=1S/C12H8Cl3NO/c1-7-5-6-10(12(15)16-7)17-11-8(13)3-2-4-9(11)14/h2-6H,1H3. The Balaban J connectivity index is 2.38. The molecule has 0 N–H and O–H groups in total. The molecule has 88 valence electrons. The smallest absolute Gasteiger partial charge is 0.171 e. The van der Waals surface area contributed by atoms with Crippen molar-refractivity contribution in [3.8, 4) is 11.5 Å². The average molecular weight is 289 g/mol. The lowest BCUT2D eigenvalue weighted by Crippen LogP contribution is -1.90. The molecule has 0 fully saturated rings. The van der Waals surface area contributed by atoms with E-state index in [0.29, 0.717) is 21.5 Å². The van der Waals surface area contributed by atoms with E-state index in [2.05, 4.69) is 4.98 Å². The highest BCUT2D eigenvalue weighted by molar-refractivity contribution is 6.37. The fourth-order valence-electron chi connectivity index (χ4n) is 1.28. The van der Waals surface area contributed by atoms with Crippen LogP contribution in [0.3, 0.4) is 0 Å². The first kappa shape index (κ1) is 12.5. The van der Waals surface area contributed by atoms with Crippen LogP contribution < -0.4 is 4.74 Å². The van der Waals surface area contributed by atoms with Gasteiger partial charge in [0.05, 0.1) is 10.0 Å². The first-order valence-corrected chi connectivity index (χ1v) is 5.96. The van der Waals surface area contributed by atoms with Crippen molar-refractivity contribution in [1.29, 1.82) is 0 Å². The largest absolute Gasteiger partial charge is 0.451 e. The molecule has 0 unspecified atom stereocenters. The van der Waals surface area contributed by atoms with Crippen LogP contribution in [0.25, 0.3) is 0 Å². The lowest BCUT2D eigenvalue weighted by molar-refractivity contribution is 0.481. The SMILES string of the molecule is Cc1ccc(Oc2c(Cl)cccc2Cl)c(Cl)n1. The van der Waals surface area contributed by atoms with E-state index >= 15 is 0 Å². The number of aromatic nitrogens is 1. The third-order valence-corrected chi connectivity index (χ3v) is 2.95. The van der Waals surface area contributed by atoms with Gasteiger partial charge in [-0.05, 0) is 31.2 Å². The second-order valence-corrected chi connectivity index (χ2v) is 4.57. The van der Waals surface area contributed by atoms with E-state index in [9.17, 15) is 0 Å². The molecule has 2 aromatic rings. The van der Waals surface area contributed by atoms with Crippen molar-refractivity contribution in [3.63, 3.8) is 0 Å². The fourth-order valence-corrected chi connectivity index (χ4v) is 1.99. The zero-order valence-electron chi connectivity index (χ0n) is 8.88. The van der Waals surface area contributed by atoms with Crippen molar-refractivity contribution < 1.29 is 4.74 Å². The van der Waals surface area contributed by atoms with Crippen molar-refractivity contribution >= 4 is 34.8 Å². The van der Waals surface area contributed by atoms with Gasteiger partial charge in [-0.1, -0.05) is 40.9 Å². The number of nitrogens with zero attached hydrogens (tertiary/aromatic N) is 1. The Morgan fingerprint density at radius 2 is 1.65 bits per heavy atom. The van der Waals surface area contributed by atoms with Gasteiger partial charge >= 0.3 is 0 Å². The van der Waals surface area contributed by atoms with Crippen LogP contribution in [0.4, 0.5) is 0 Å². The molecule has 0 saturated carbocycles. The highest BCUT2D eigenvalue weighted by Gasteiger charge is 2.10. The van der Waals surface area contributed by atoms with E-state index < -0.39 is 0 Å². The van der Waals surface area contributed by atoms with Crippen LogP contribution in [-0.4, -0.2) is 4.98 Å². The Hall–Kier alpha value is -0.960. The molecule has 1 aromatic carbocycles. The molecule has 0 radical (unpaired) electrons. The van der Waals surface area contributed by atoms with E-state index in [0.717, 1.165) is 5.69 Å². The summed E-state index contributed by atoms with van der Waals surface area (Å²) in [6.07, 6.45) is 0. The van der Waals surface area contributed by atoms with Crippen LogP contribution in [0.15, 0.2) is 30.3 Å². The predicted octanol–water partition coefficient (Wildman–Crippen LogP) is 5.14. The van der Waals surface area contributed by atoms with E-state index in [1.807, 2.05) is 6.92 Å². The molecular weight excluding hydrogens is 280 g/mol. The summed E-state index contributed by atoms with van der Waals surface area (Å²) in [6.45, 7) is 1.85. The summed E-state index contributed by atoms with van der Waals surface area (Å²) < 4.78 is 5.57. The number of pyridine rings is 1. The Morgan fingerprint density at radius 3 is 2.24 bits per heavy atom. The van der Waals surface area contributed by atoms with E-state index in [-0.39, 0.29) is 5.15 Å². The monoisotopic (exact) mass is 287 g/mol. The van der Waals surface area contributed by atoms with E-state index in [1.165, 1.54) is 0 Å². The number of hydrogen-bond acceptors (Lipinski definition) is 2.